The van der Waals surface area contributed by atoms with Gasteiger partial charge in [0, 0.05) is 19.2 Å². The van der Waals surface area contributed by atoms with Crippen LogP contribution in [0.3, 0.4) is 0 Å². The zero-order valence-corrected chi connectivity index (χ0v) is 38.0. The molecule has 25 nitrogen and oxygen atoms in total. The van der Waals surface area contributed by atoms with E-state index in [0.29, 0.717) is 21.6 Å². The van der Waals surface area contributed by atoms with Crippen molar-refractivity contribution in [1.82, 2.24) is 29.8 Å². The van der Waals surface area contributed by atoms with Crippen LogP contribution in [0.2, 0.25) is 10.2 Å². The number of ether oxygens (including phenoxy) is 3. The van der Waals surface area contributed by atoms with Crippen LogP contribution >= 0.6 is 30.8 Å². The Balaban J connectivity index is 0.000000507. The lowest BCUT2D eigenvalue weighted by Crippen LogP contribution is -2.36. The molecule has 4 rings (SSSR count). The molecule has 0 saturated carbocycles. The van der Waals surface area contributed by atoms with Crippen molar-refractivity contribution in [1.29, 1.82) is 0 Å². The number of hydrogen-bond donors (Lipinski definition) is 7. The minimum Gasteiger partial charge on any atom is -0.778 e. The van der Waals surface area contributed by atoms with E-state index in [9.17, 15) is 60.3 Å². The van der Waals surface area contributed by atoms with Gasteiger partial charge in [0.25, 0.3) is 15.7 Å². The third-order valence-electron chi connectivity index (χ3n) is 6.44. The Kier molecular flexibility index (Phi) is 21.8. The number of amides is 2. The molecule has 0 aliphatic rings. The van der Waals surface area contributed by atoms with E-state index in [0.717, 1.165) is 37.4 Å². The van der Waals surface area contributed by atoms with Crippen LogP contribution in [0.4, 0.5) is 29.6 Å². The molecule has 2 aromatic carbocycles. The number of halogens is 5. The summed E-state index contributed by atoms with van der Waals surface area (Å²) in [7, 11) is -4.57. The summed E-state index contributed by atoms with van der Waals surface area (Å²) in [5.74, 6) is -4.86. The van der Waals surface area contributed by atoms with E-state index in [2.05, 4.69) is 39.2 Å². The van der Waals surface area contributed by atoms with Crippen LogP contribution in [0, 0.1) is 10.1 Å². The van der Waals surface area contributed by atoms with Gasteiger partial charge in [0.1, 0.15) is 30.2 Å². The summed E-state index contributed by atoms with van der Waals surface area (Å²) in [5, 5.41) is 42.7. The van der Waals surface area contributed by atoms with Crippen LogP contribution < -0.4 is 34.5 Å². The average Bonchev–Trinajstić information content (AvgIpc) is 3.48. The lowest BCUT2D eigenvalue weighted by atomic mass is 10.1. The Hall–Kier alpha value is -6.01. The van der Waals surface area contributed by atoms with Gasteiger partial charge in [-0.25, -0.2) is 19.1 Å². The Morgan fingerprint density at radius 2 is 1.52 bits per heavy atom. The number of nitro benzene ring substituents is 1. The van der Waals surface area contributed by atoms with Gasteiger partial charge in [-0.15, -0.1) is 0 Å². The maximum atomic E-state index is 12.6. The molecule has 0 bridgehead atoms. The van der Waals surface area contributed by atoms with Crippen molar-refractivity contribution in [3.63, 3.8) is 0 Å². The second-order valence-electron chi connectivity index (χ2n) is 12.1. The van der Waals surface area contributed by atoms with Crippen molar-refractivity contribution in [2.45, 2.75) is 11.2 Å². The number of hydrogen-bond acceptors (Lipinski definition) is 17. The van der Waals surface area contributed by atoms with E-state index in [4.69, 9.17) is 57.6 Å². The molecule has 33 heteroatoms. The molecule has 2 amide bonds. The van der Waals surface area contributed by atoms with Gasteiger partial charge >= 0.3 is 30.1 Å². The van der Waals surface area contributed by atoms with Crippen molar-refractivity contribution in [2.24, 2.45) is 7.05 Å². The average molecular weight is 1030 g/mol. The molecule has 0 radical (unpaired) electrons. The number of rotatable bonds is 14. The molecule has 1 unspecified atom stereocenters. The molecule has 7 N–H and O–H groups in total. The second-order valence-corrected chi connectivity index (χ2v) is 18.5. The first-order valence-electron chi connectivity index (χ1n) is 16.6. The first kappa shape index (κ1) is 57.0. The largest absolute Gasteiger partial charge is 0.778 e. The predicted molar refractivity (Wildman–Crippen MR) is 222 cm³/mol. The molecule has 0 aliphatic heterocycles. The molecule has 358 valence electrons. The highest BCUT2D eigenvalue weighted by Crippen LogP contribution is 2.37. The summed E-state index contributed by atoms with van der Waals surface area (Å²) in [6.07, 6.45) is 1.30. The number of benzene rings is 2. The number of carboxylic acids is 3. The third kappa shape index (κ3) is 19.7. The number of aromatic nitrogens is 4. The number of carbonyl (C=O) groups excluding carboxylic acids is 1. The highest BCUT2D eigenvalue weighted by molar-refractivity contribution is 7.94. The molecule has 2 aromatic heterocycles. The van der Waals surface area contributed by atoms with E-state index >= 15 is 0 Å². The molecular weight excluding hydrogens is 991 g/mol. The van der Waals surface area contributed by atoms with Crippen molar-refractivity contribution in [2.75, 3.05) is 51.1 Å². The number of methoxy groups -OCH3 is 2. The molecule has 1 atom stereocenters. The quantitative estimate of drug-likeness (QED) is 0.0411. The molecule has 65 heavy (non-hydrogen) atoms. The Morgan fingerprint density at radius 1 is 0.969 bits per heavy atom. The van der Waals surface area contributed by atoms with E-state index in [1.54, 1.807) is 4.72 Å². The zero-order chi connectivity index (χ0) is 50.2. The van der Waals surface area contributed by atoms with Crippen LogP contribution in [0.25, 0.3) is 0 Å². The summed E-state index contributed by atoms with van der Waals surface area (Å²) in [6.45, 7) is -0.479. The first-order valence-corrected chi connectivity index (χ1v) is 23.1. The Labute approximate surface area is 377 Å². The van der Waals surface area contributed by atoms with Crippen molar-refractivity contribution < 1.29 is 89.6 Å². The van der Waals surface area contributed by atoms with Crippen LogP contribution in [-0.2, 0) is 43.5 Å². The van der Waals surface area contributed by atoms with Gasteiger partial charge in [0.15, 0.2) is 10.2 Å². The second kappa shape index (κ2) is 24.9. The molecule has 4 aromatic rings. The first-order chi connectivity index (χ1) is 29.8. The van der Waals surface area contributed by atoms with Gasteiger partial charge in [-0.1, -0.05) is 23.2 Å². The third-order valence-corrected chi connectivity index (χ3v) is 9.05. The molecule has 0 fully saturated rings. The number of alkyl halides is 3. The van der Waals surface area contributed by atoms with Gasteiger partial charge in [-0.3, -0.25) is 30.2 Å². The number of anilines is 1. The van der Waals surface area contributed by atoms with Crippen LogP contribution in [-0.4, -0.2) is 123 Å². The number of sulfonamides is 1. The normalized spacial score (nSPS) is 11.7. The number of aromatic carboxylic acids is 2. The zero-order valence-electron chi connectivity index (χ0n) is 33.9. The minimum atomic E-state index is -4.64. The number of carbonyl (C=O) groups is 4. The number of nitro groups is 1. The van der Waals surface area contributed by atoms with Gasteiger partial charge in [0.2, 0.25) is 17.7 Å². The number of urea groups is 1. The lowest BCUT2D eigenvalue weighted by molar-refractivity contribution is -0.385. The molecule has 0 aliphatic carbocycles. The monoisotopic (exact) mass is 1030 g/mol. The Morgan fingerprint density at radius 3 is 1.95 bits per heavy atom. The van der Waals surface area contributed by atoms with E-state index in [-0.39, 0.29) is 34.2 Å². The number of aliphatic carboxylic acids is 1. The highest BCUT2D eigenvalue weighted by atomic mass is 35.5. The number of carboxylic acid groups (broad SMARTS) is 3. The van der Waals surface area contributed by atoms with Crippen LogP contribution in [0.15, 0.2) is 47.5 Å². The summed E-state index contributed by atoms with van der Waals surface area (Å²) in [5.41, 5.74) is -3.03. The number of nitrogens with zero attached hydrogens (tertiary/aromatic N) is 5. The van der Waals surface area contributed by atoms with Gasteiger partial charge in [-0.05, 0) is 35.2 Å². The maximum Gasteiger partial charge on any atom is 0.416 e. The standard InChI is InChI=1S/C14H7ClF3NO5.C12H13ClN6O7S.C3H8NO5P.C3H9S/c15-10-5-7(14(16,17)18)1-4-12(10)24-8-2-3-11(19(22)23)9(6-8)13(20)21;1-19-9(7(10(20)21)8(13)17-19)27(23,24)18-12(22)16-11-14-5(25-2)4-6(15-11)26-3;5-3(6)1-4-2-10(7,8)9;1-4(2)3/h1-6H,(H,20,21);4H,1-3H3,(H,20,21)(H2,14,15,16,18,22);4H,1-2H2,(H,5,6)(H2,7,8,9);1-3H3/q;;;+1/p-1. The fourth-order valence-corrected chi connectivity index (χ4v) is 6.22. The SMILES string of the molecule is COc1cc(OC)nc(NC(=O)NS(=O)(=O)c2c(C(=O)O)c(Cl)nn2C)n1.C[S+](C)C.O=C(O)CNCP(=O)([O-])O.O=C(O)c1cc(Oc2ccc(C(F)(F)F)cc2Cl)ccc1[N+](=O)[O-]. The minimum absolute atomic E-state index is 0.0478. The van der Waals surface area contributed by atoms with Gasteiger partial charge < -0.3 is 43.9 Å². The highest BCUT2D eigenvalue weighted by Gasteiger charge is 2.33. The van der Waals surface area contributed by atoms with Crippen molar-refractivity contribution >= 4 is 87.3 Å². The van der Waals surface area contributed by atoms with E-state index in [1.165, 1.54) is 20.3 Å². The molecule has 2 heterocycles. The summed E-state index contributed by atoms with van der Waals surface area (Å²) >= 11 is 11.4. The Bertz CT molecular complexity index is 2510. The fraction of sp³-hybridized carbons (Fsp3) is 0.281. The van der Waals surface area contributed by atoms with Gasteiger partial charge in [-0.2, -0.15) is 36.7 Å². The molecular formula is C32H36Cl2F3N8O17PS2. The summed E-state index contributed by atoms with van der Waals surface area (Å²) < 4.78 is 89.8. The van der Waals surface area contributed by atoms with Crippen LogP contribution in [0.1, 0.15) is 26.3 Å². The topological polar surface area (TPSA) is 374 Å². The van der Waals surface area contributed by atoms with Crippen molar-refractivity contribution in [3.05, 3.63) is 79.4 Å². The number of nitrogens with one attached hydrogen (secondary N) is 3. The fourth-order valence-electron chi connectivity index (χ4n) is 4.03. The lowest BCUT2D eigenvalue weighted by Gasteiger charge is -2.14. The van der Waals surface area contributed by atoms with E-state index < -0.39 is 98.0 Å². The molecule has 0 saturated heterocycles. The predicted octanol–water partition coefficient (Wildman–Crippen LogP) is 3.50. The van der Waals surface area contributed by atoms with Crippen LogP contribution in [0.5, 0.6) is 23.3 Å². The summed E-state index contributed by atoms with van der Waals surface area (Å²) in [4.78, 5) is 79.5. The van der Waals surface area contributed by atoms with E-state index in [1.807, 2.05) is 5.32 Å². The van der Waals surface area contributed by atoms with Crippen molar-refractivity contribution in [3.8, 4) is 23.3 Å². The van der Waals surface area contributed by atoms with Gasteiger partial charge in [0.05, 0.1) is 67.4 Å². The maximum absolute atomic E-state index is 12.6. The smallest absolute Gasteiger partial charge is 0.416 e. The molecule has 0 spiro atoms. The number of aryl methyl sites for hydroxylation is 1. The summed E-state index contributed by atoms with van der Waals surface area (Å²) in [6, 6.07) is 5.33.